The number of amides is 1. The van der Waals surface area contributed by atoms with Gasteiger partial charge in [-0.05, 0) is 45.0 Å². The highest BCUT2D eigenvalue weighted by atomic mass is 32.2. The van der Waals surface area contributed by atoms with Gasteiger partial charge < -0.3 is 9.57 Å². The molecule has 1 aromatic carbocycles. The van der Waals surface area contributed by atoms with Crippen LogP contribution in [0.5, 0.6) is 0 Å². The molecule has 124 valence electrons. The number of nitrogens with zero attached hydrogens (tertiary/aromatic N) is 2. The lowest BCUT2D eigenvalue weighted by atomic mass is 10.2. The van der Waals surface area contributed by atoms with E-state index in [1.165, 1.54) is 18.7 Å². The molecule has 0 aliphatic rings. The summed E-state index contributed by atoms with van der Waals surface area (Å²) in [4.78, 5) is 29.0. The van der Waals surface area contributed by atoms with Crippen molar-refractivity contribution in [2.75, 3.05) is 12.3 Å². The molecule has 0 fully saturated rings. The Kier molecular flexibility index (Phi) is 6.91. The maximum atomic E-state index is 12.0. The van der Waals surface area contributed by atoms with E-state index < -0.39 is 17.7 Å². The first-order chi connectivity index (χ1) is 10.7. The van der Waals surface area contributed by atoms with Crippen molar-refractivity contribution in [1.82, 2.24) is 5.06 Å². The van der Waals surface area contributed by atoms with Crippen molar-refractivity contribution < 1.29 is 19.2 Å². The SMILES string of the molecule is CC(=O)ON(CCSc1ccc(C#N)cc1)C(=O)OC(C)(C)C. The van der Waals surface area contributed by atoms with Gasteiger partial charge in [-0.2, -0.15) is 5.26 Å². The average Bonchev–Trinajstić information content (AvgIpc) is 2.44. The minimum Gasteiger partial charge on any atom is -0.442 e. The quantitative estimate of drug-likeness (QED) is 0.619. The number of rotatable bonds is 4. The third-order valence-electron chi connectivity index (χ3n) is 2.38. The molecule has 1 rings (SSSR count). The molecular formula is C16H20N2O4S. The number of carbonyl (C=O) groups excluding carboxylic acids is 2. The normalized spacial score (nSPS) is 10.6. The van der Waals surface area contributed by atoms with Gasteiger partial charge in [0.15, 0.2) is 0 Å². The van der Waals surface area contributed by atoms with Crippen LogP contribution in [0.3, 0.4) is 0 Å². The monoisotopic (exact) mass is 336 g/mol. The summed E-state index contributed by atoms with van der Waals surface area (Å²) in [5.74, 6) is -0.0717. The Bertz CT molecular complexity index is 588. The van der Waals surface area contributed by atoms with Crippen LogP contribution in [-0.4, -0.2) is 35.0 Å². The van der Waals surface area contributed by atoms with Gasteiger partial charge in [0.2, 0.25) is 0 Å². The Morgan fingerprint density at radius 2 is 1.87 bits per heavy atom. The molecule has 0 aliphatic carbocycles. The van der Waals surface area contributed by atoms with E-state index in [4.69, 9.17) is 14.8 Å². The number of benzene rings is 1. The summed E-state index contributed by atoms with van der Waals surface area (Å²) in [6, 6.07) is 9.15. The Hall–Kier alpha value is -2.20. The van der Waals surface area contributed by atoms with Crippen molar-refractivity contribution in [1.29, 1.82) is 5.26 Å². The second-order valence-corrected chi connectivity index (χ2v) is 6.82. The van der Waals surface area contributed by atoms with Gasteiger partial charge in [-0.1, -0.05) is 0 Å². The molecule has 0 saturated heterocycles. The summed E-state index contributed by atoms with van der Waals surface area (Å²) in [6.07, 6.45) is -0.701. The summed E-state index contributed by atoms with van der Waals surface area (Å²) in [5, 5.41) is 9.67. The van der Waals surface area contributed by atoms with E-state index in [-0.39, 0.29) is 6.54 Å². The summed E-state index contributed by atoms with van der Waals surface area (Å²) >= 11 is 1.48. The molecule has 1 aromatic rings. The summed E-state index contributed by atoms with van der Waals surface area (Å²) < 4.78 is 5.20. The lowest BCUT2D eigenvalue weighted by Gasteiger charge is -2.25. The number of carbonyl (C=O) groups is 2. The molecule has 0 radical (unpaired) electrons. The number of hydroxylamine groups is 2. The van der Waals surface area contributed by atoms with Crippen molar-refractivity contribution in [3.63, 3.8) is 0 Å². The van der Waals surface area contributed by atoms with Crippen LogP contribution < -0.4 is 0 Å². The van der Waals surface area contributed by atoms with Crippen LogP contribution in [0, 0.1) is 11.3 Å². The third-order valence-corrected chi connectivity index (χ3v) is 3.37. The minimum absolute atomic E-state index is 0.194. The summed E-state index contributed by atoms with van der Waals surface area (Å²) in [5.41, 5.74) is -0.0832. The maximum Gasteiger partial charge on any atom is 0.443 e. The zero-order valence-corrected chi connectivity index (χ0v) is 14.5. The van der Waals surface area contributed by atoms with Crippen LogP contribution in [0.25, 0.3) is 0 Å². The van der Waals surface area contributed by atoms with Crippen molar-refractivity contribution in [2.24, 2.45) is 0 Å². The van der Waals surface area contributed by atoms with Gasteiger partial charge in [-0.3, -0.25) is 4.79 Å². The number of thioether (sulfide) groups is 1. The predicted octanol–water partition coefficient (Wildman–Crippen LogP) is 3.37. The molecule has 0 aromatic heterocycles. The molecule has 23 heavy (non-hydrogen) atoms. The fraction of sp³-hybridized carbons (Fsp3) is 0.438. The van der Waals surface area contributed by atoms with Gasteiger partial charge >= 0.3 is 12.1 Å². The van der Waals surface area contributed by atoms with Crippen molar-refractivity contribution >= 4 is 23.8 Å². The van der Waals surface area contributed by atoms with E-state index in [1.54, 1.807) is 32.9 Å². The highest BCUT2D eigenvalue weighted by Crippen LogP contribution is 2.19. The van der Waals surface area contributed by atoms with Crippen LogP contribution >= 0.6 is 11.8 Å². The van der Waals surface area contributed by atoms with Gasteiger partial charge in [-0.25, -0.2) is 4.79 Å². The lowest BCUT2D eigenvalue weighted by Crippen LogP contribution is -2.39. The third kappa shape index (κ3) is 7.56. The van der Waals surface area contributed by atoms with Gasteiger partial charge in [0.1, 0.15) is 5.60 Å². The molecule has 0 spiro atoms. The number of nitriles is 1. The molecule has 0 bridgehead atoms. The average molecular weight is 336 g/mol. The number of ether oxygens (including phenoxy) is 1. The van der Waals surface area contributed by atoms with E-state index in [0.29, 0.717) is 11.3 Å². The summed E-state index contributed by atoms with van der Waals surface area (Å²) in [6.45, 7) is 6.64. The highest BCUT2D eigenvalue weighted by Gasteiger charge is 2.24. The minimum atomic E-state index is -0.701. The van der Waals surface area contributed by atoms with Gasteiger partial charge in [0, 0.05) is 17.6 Å². The fourth-order valence-corrected chi connectivity index (χ4v) is 2.34. The molecule has 0 atom stereocenters. The Morgan fingerprint density at radius 1 is 1.26 bits per heavy atom. The topological polar surface area (TPSA) is 79.6 Å². The van der Waals surface area contributed by atoms with Gasteiger partial charge in [0.05, 0.1) is 18.2 Å². The summed E-state index contributed by atoms with van der Waals surface area (Å²) in [7, 11) is 0. The molecule has 0 aliphatic heterocycles. The van der Waals surface area contributed by atoms with Crippen molar-refractivity contribution in [3.05, 3.63) is 29.8 Å². The number of hydrogen-bond donors (Lipinski definition) is 0. The van der Waals surface area contributed by atoms with Crippen LogP contribution in [0.2, 0.25) is 0 Å². The first-order valence-electron chi connectivity index (χ1n) is 7.03. The highest BCUT2D eigenvalue weighted by molar-refractivity contribution is 7.99. The second kappa shape index (κ2) is 8.44. The van der Waals surface area contributed by atoms with E-state index in [1.807, 2.05) is 12.1 Å². The zero-order chi connectivity index (χ0) is 17.5. The Balaban J connectivity index is 2.58. The molecule has 0 heterocycles. The molecule has 1 amide bonds. The largest absolute Gasteiger partial charge is 0.443 e. The molecule has 7 heteroatoms. The Morgan fingerprint density at radius 3 is 2.35 bits per heavy atom. The molecule has 0 saturated carbocycles. The van der Waals surface area contributed by atoms with Crippen LogP contribution in [-0.2, 0) is 14.4 Å². The van der Waals surface area contributed by atoms with Gasteiger partial charge in [0.25, 0.3) is 0 Å². The van der Waals surface area contributed by atoms with E-state index in [9.17, 15) is 9.59 Å². The van der Waals surface area contributed by atoms with Gasteiger partial charge in [-0.15, -0.1) is 16.8 Å². The van der Waals surface area contributed by atoms with Crippen molar-refractivity contribution in [2.45, 2.75) is 38.2 Å². The molecule has 0 N–H and O–H groups in total. The number of hydrogen-bond acceptors (Lipinski definition) is 6. The van der Waals surface area contributed by atoms with Crippen LogP contribution in [0.4, 0.5) is 4.79 Å². The van der Waals surface area contributed by atoms with E-state index in [0.717, 1.165) is 9.96 Å². The predicted molar refractivity (Wildman–Crippen MR) is 86.6 cm³/mol. The van der Waals surface area contributed by atoms with Crippen LogP contribution in [0.15, 0.2) is 29.2 Å². The first kappa shape index (κ1) is 18.8. The standard InChI is InChI=1S/C16H20N2O4S/c1-12(19)22-18(15(20)21-16(2,3)4)9-10-23-14-7-5-13(11-17)6-8-14/h5-8H,9-10H2,1-4H3. The second-order valence-electron chi connectivity index (χ2n) is 5.65. The van der Waals surface area contributed by atoms with Crippen LogP contribution in [0.1, 0.15) is 33.3 Å². The fourth-order valence-electron chi connectivity index (χ4n) is 1.51. The zero-order valence-electron chi connectivity index (χ0n) is 13.7. The molecule has 6 nitrogen and oxygen atoms in total. The molecule has 0 unspecified atom stereocenters. The Labute approximate surface area is 140 Å². The maximum absolute atomic E-state index is 12.0. The lowest BCUT2D eigenvalue weighted by molar-refractivity contribution is -0.180. The molecular weight excluding hydrogens is 316 g/mol. The van der Waals surface area contributed by atoms with Crippen molar-refractivity contribution in [3.8, 4) is 6.07 Å². The van der Waals surface area contributed by atoms with E-state index in [2.05, 4.69) is 6.07 Å². The first-order valence-corrected chi connectivity index (χ1v) is 8.02. The smallest absolute Gasteiger partial charge is 0.442 e. The van der Waals surface area contributed by atoms with E-state index >= 15 is 0 Å².